The van der Waals surface area contributed by atoms with E-state index in [0.717, 1.165) is 16.5 Å². The molecular weight excluding hydrogens is 288 g/mol. The Morgan fingerprint density at radius 2 is 1.70 bits per heavy atom. The Morgan fingerprint density at radius 1 is 1.00 bits per heavy atom. The molecule has 4 nitrogen and oxygen atoms in total. The summed E-state index contributed by atoms with van der Waals surface area (Å²) in [6.45, 7) is 8.74. The molecule has 1 unspecified atom stereocenters. The molecule has 4 heteroatoms. The zero-order valence-corrected chi connectivity index (χ0v) is 14.5. The summed E-state index contributed by atoms with van der Waals surface area (Å²) in [6, 6.07) is 14.5. The van der Waals surface area contributed by atoms with Gasteiger partial charge in [-0.3, -0.25) is 5.32 Å². The molecule has 2 aromatic carbocycles. The van der Waals surface area contributed by atoms with E-state index in [1.807, 2.05) is 44.2 Å². The largest absolute Gasteiger partial charge is 0.488 e. The highest BCUT2D eigenvalue weighted by Crippen LogP contribution is 2.25. The molecule has 0 heterocycles. The Bertz CT molecular complexity index is 622. The number of aliphatic hydroxyl groups is 1. The van der Waals surface area contributed by atoms with Gasteiger partial charge in [-0.15, -0.1) is 0 Å². The molecule has 0 saturated heterocycles. The fourth-order valence-electron chi connectivity index (χ4n) is 2.57. The third-order valence-electron chi connectivity index (χ3n) is 3.58. The second-order valence-corrected chi connectivity index (χ2v) is 6.63. The lowest BCUT2D eigenvalue weighted by Crippen LogP contribution is -2.59. The fourth-order valence-corrected chi connectivity index (χ4v) is 2.57. The minimum Gasteiger partial charge on any atom is -0.488 e. The summed E-state index contributed by atoms with van der Waals surface area (Å²) in [7, 11) is 0. The zero-order chi connectivity index (χ0) is 16.9. The average molecular weight is 316 g/mol. The quantitative estimate of drug-likeness (QED) is 0.656. The number of benzene rings is 2. The first-order valence-electron chi connectivity index (χ1n) is 8.24. The number of hydrogen-bond donors (Lipinski definition) is 3. The van der Waals surface area contributed by atoms with Gasteiger partial charge in [-0.05, 0) is 25.3 Å². The van der Waals surface area contributed by atoms with Gasteiger partial charge in [0.25, 0.3) is 0 Å². The molecule has 2 rings (SSSR count). The van der Waals surface area contributed by atoms with Crippen LogP contribution in [0.15, 0.2) is 42.5 Å². The molecule has 0 aromatic heterocycles. The molecular formula is C19H28N2O2. The summed E-state index contributed by atoms with van der Waals surface area (Å²) in [5, 5.41) is 19.5. The molecule has 1 atom stereocenters. The summed E-state index contributed by atoms with van der Waals surface area (Å²) < 4.78 is 5.97. The van der Waals surface area contributed by atoms with E-state index in [-0.39, 0.29) is 12.6 Å². The van der Waals surface area contributed by atoms with Crippen molar-refractivity contribution in [3.8, 4) is 5.75 Å². The summed E-state index contributed by atoms with van der Waals surface area (Å²) in [5.41, 5.74) is -1.12. The molecule has 0 aliphatic rings. The summed E-state index contributed by atoms with van der Waals surface area (Å²) in [6.07, 6.45) is 0. The fraction of sp³-hybridized carbons (Fsp3) is 0.474. The smallest absolute Gasteiger partial charge is 0.163 e. The molecule has 2 aromatic rings. The van der Waals surface area contributed by atoms with E-state index < -0.39 is 5.72 Å². The number of hydrogen-bond acceptors (Lipinski definition) is 4. The Hall–Kier alpha value is -1.62. The molecule has 0 amide bonds. The van der Waals surface area contributed by atoms with Gasteiger partial charge in [0.05, 0.1) is 0 Å². The average Bonchev–Trinajstić information content (AvgIpc) is 2.50. The lowest BCUT2D eigenvalue weighted by Gasteiger charge is -2.32. The molecule has 0 spiro atoms. The van der Waals surface area contributed by atoms with Crippen molar-refractivity contribution in [2.75, 3.05) is 13.2 Å². The van der Waals surface area contributed by atoms with Crippen molar-refractivity contribution in [1.82, 2.24) is 10.6 Å². The maximum Gasteiger partial charge on any atom is 0.163 e. The predicted molar refractivity (Wildman–Crippen MR) is 95.8 cm³/mol. The monoisotopic (exact) mass is 316 g/mol. The van der Waals surface area contributed by atoms with Gasteiger partial charge >= 0.3 is 0 Å². The number of nitrogens with one attached hydrogen (secondary N) is 2. The summed E-state index contributed by atoms with van der Waals surface area (Å²) >= 11 is 0. The zero-order valence-electron chi connectivity index (χ0n) is 14.5. The van der Waals surface area contributed by atoms with E-state index in [1.165, 1.54) is 0 Å². The van der Waals surface area contributed by atoms with Crippen LogP contribution in [0.2, 0.25) is 0 Å². The van der Waals surface area contributed by atoms with Gasteiger partial charge in [-0.1, -0.05) is 50.2 Å². The van der Waals surface area contributed by atoms with Crippen molar-refractivity contribution in [3.05, 3.63) is 42.5 Å². The second-order valence-electron chi connectivity index (χ2n) is 6.63. The van der Waals surface area contributed by atoms with Crippen LogP contribution in [0.4, 0.5) is 0 Å². The van der Waals surface area contributed by atoms with Crippen molar-refractivity contribution in [3.63, 3.8) is 0 Å². The first-order chi connectivity index (χ1) is 10.9. The van der Waals surface area contributed by atoms with Crippen LogP contribution < -0.4 is 15.4 Å². The number of rotatable bonds is 8. The number of ether oxygens (including phenoxy) is 1. The van der Waals surface area contributed by atoms with Crippen molar-refractivity contribution < 1.29 is 9.84 Å². The molecule has 0 aliphatic heterocycles. The van der Waals surface area contributed by atoms with Crippen molar-refractivity contribution in [1.29, 1.82) is 0 Å². The van der Waals surface area contributed by atoms with E-state index >= 15 is 0 Å². The summed E-state index contributed by atoms with van der Waals surface area (Å²) in [4.78, 5) is 0. The van der Waals surface area contributed by atoms with Crippen molar-refractivity contribution in [2.45, 2.75) is 45.5 Å². The van der Waals surface area contributed by atoms with Crippen LogP contribution in [-0.2, 0) is 0 Å². The molecule has 126 valence electrons. The van der Waals surface area contributed by atoms with Gasteiger partial charge in [0.2, 0.25) is 0 Å². The van der Waals surface area contributed by atoms with Crippen LogP contribution in [0.3, 0.4) is 0 Å². The second kappa shape index (κ2) is 7.77. The van der Waals surface area contributed by atoms with Gasteiger partial charge in [0.1, 0.15) is 12.4 Å². The normalized spacial score (nSPS) is 14.4. The van der Waals surface area contributed by atoms with E-state index in [0.29, 0.717) is 12.6 Å². The third kappa shape index (κ3) is 5.20. The minimum atomic E-state index is -1.12. The first kappa shape index (κ1) is 17.7. The van der Waals surface area contributed by atoms with Gasteiger partial charge in [-0.2, -0.15) is 0 Å². The Labute approximate surface area is 138 Å². The van der Waals surface area contributed by atoms with E-state index in [2.05, 4.69) is 36.6 Å². The van der Waals surface area contributed by atoms with E-state index in [4.69, 9.17) is 4.74 Å². The van der Waals surface area contributed by atoms with Crippen LogP contribution in [0.5, 0.6) is 5.75 Å². The Morgan fingerprint density at radius 3 is 2.39 bits per heavy atom. The highest BCUT2D eigenvalue weighted by Gasteiger charge is 2.28. The predicted octanol–water partition coefficient (Wildman–Crippen LogP) is 2.90. The maximum atomic E-state index is 10.9. The molecule has 0 radical (unpaired) electrons. The SMILES string of the molecule is CC(C)NCC(O)(COc1cccc2ccccc12)NC(C)C. The highest BCUT2D eigenvalue weighted by atomic mass is 16.5. The number of fused-ring (bicyclic) bond motifs is 1. The molecule has 0 fully saturated rings. The van der Waals surface area contributed by atoms with Gasteiger partial charge in [0.15, 0.2) is 5.72 Å². The van der Waals surface area contributed by atoms with Gasteiger partial charge in [0, 0.05) is 24.0 Å². The van der Waals surface area contributed by atoms with Gasteiger partial charge in [-0.25, -0.2) is 0 Å². The van der Waals surface area contributed by atoms with Crippen LogP contribution in [-0.4, -0.2) is 36.1 Å². The molecule has 23 heavy (non-hydrogen) atoms. The van der Waals surface area contributed by atoms with Crippen LogP contribution in [0.1, 0.15) is 27.7 Å². The molecule has 3 N–H and O–H groups in total. The molecule has 0 aliphatic carbocycles. The van der Waals surface area contributed by atoms with Crippen LogP contribution in [0, 0.1) is 0 Å². The lowest BCUT2D eigenvalue weighted by molar-refractivity contribution is -0.0399. The van der Waals surface area contributed by atoms with Gasteiger partial charge < -0.3 is 15.2 Å². The first-order valence-corrected chi connectivity index (χ1v) is 8.24. The van der Waals surface area contributed by atoms with Crippen LogP contribution >= 0.6 is 0 Å². The minimum absolute atomic E-state index is 0.157. The molecule has 0 saturated carbocycles. The molecule has 0 bridgehead atoms. The topological polar surface area (TPSA) is 53.5 Å². The Balaban J connectivity index is 2.13. The lowest BCUT2D eigenvalue weighted by atomic mass is 10.1. The van der Waals surface area contributed by atoms with Crippen molar-refractivity contribution >= 4 is 10.8 Å². The summed E-state index contributed by atoms with van der Waals surface area (Å²) in [5.74, 6) is 0.789. The highest BCUT2D eigenvalue weighted by molar-refractivity contribution is 5.88. The Kier molecular flexibility index (Phi) is 5.99. The van der Waals surface area contributed by atoms with E-state index in [9.17, 15) is 5.11 Å². The third-order valence-corrected chi connectivity index (χ3v) is 3.58. The van der Waals surface area contributed by atoms with E-state index in [1.54, 1.807) is 0 Å². The standard InChI is InChI=1S/C19H28N2O2/c1-14(2)20-12-19(22,21-15(3)4)13-23-18-11-7-9-16-8-5-6-10-17(16)18/h5-11,14-15,20-22H,12-13H2,1-4H3. The van der Waals surface area contributed by atoms with Crippen molar-refractivity contribution in [2.24, 2.45) is 0 Å². The van der Waals surface area contributed by atoms with Crippen LogP contribution in [0.25, 0.3) is 10.8 Å². The maximum absolute atomic E-state index is 10.9.